The van der Waals surface area contributed by atoms with Gasteiger partial charge in [-0.25, -0.2) is 9.18 Å². The quantitative estimate of drug-likeness (QED) is 0.753. The molecule has 1 aliphatic carbocycles. The molecule has 0 bridgehead atoms. The number of benzene rings is 1. The number of nitrogens with one attached hydrogen (secondary N) is 2. The molecule has 0 radical (unpaired) electrons. The van der Waals surface area contributed by atoms with Crippen molar-refractivity contribution >= 4 is 11.7 Å². The summed E-state index contributed by atoms with van der Waals surface area (Å²) in [5.74, 6) is 0.587. The number of rotatable bonds is 7. The highest BCUT2D eigenvalue weighted by Gasteiger charge is 2.14. The van der Waals surface area contributed by atoms with E-state index in [2.05, 4.69) is 10.6 Å². The fourth-order valence-corrected chi connectivity index (χ4v) is 3.16. The maximum Gasteiger partial charge on any atom is 0.315 e. The van der Waals surface area contributed by atoms with Crippen molar-refractivity contribution in [1.82, 2.24) is 10.6 Å². The van der Waals surface area contributed by atoms with E-state index in [1.165, 1.54) is 38.2 Å². The minimum atomic E-state index is -0.272. The van der Waals surface area contributed by atoms with Crippen LogP contribution in [0.3, 0.4) is 0 Å². The molecule has 0 saturated heterocycles. The number of nitrogens with zero attached hydrogens (tertiary/aromatic N) is 1. The van der Waals surface area contributed by atoms with Crippen molar-refractivity contribution < 1.29 is 9.18 Å². The fourth-order valence-electron chi connectivity index (χ4n) is 3.16. The first-order valence-electron chi connectivity index (χ1n) is 8.53. The molecule has 5 heteroatoms. The van der Waals surface area contributed by atoms with Gasteiger partial charge >= 0.3 is 6.03 Å². The number of hydrogen-bond donors (Lipinski definition) is 2. The molecule has 2 amide bonds. The molecule has 0 atom stereocenters. The van der Waals surface area contributed by atoms with E-state index in [1.807, 2.05) is 6.07 Å². The molecular weight excluding hydrogens is 293 g/mol. The molecule has 1 fully saturated rings. The van der Waals surface area contributed by atoms with Gasteiger partial charge in [-0.15, -0.1) is 0 Å². The molecule has 4 nitrogen and oxygen atoms in total. The third-order valence-electron chi connectivity index (χ3n) is 4.50. The first-order chi connectivity index (χ1) is 11.1. The van der Waals surface area contributed by atoms with Crippen LogP contribution in [0, 0.1) is 11.7 Å². The Hall–Kier alpha value is -1.78. The number of carbonyl (C=O) groups is 1. The average molecular weight is 321 g/mol. The third kappa shape index (κ3) is 5.73. The first-order valence-corrected chi connectivity index (χ1v) is 8.53. The van der Waals surface area contributed by atoms with Gasteiger partial charge in [0.15, 0.2) is 0 Å². The van der Waals surface area contributed by atoms with Crippen molar-refractivity contribution in [3.63, 3.8) is 0 Å². The maximum atomic E-state index is 13.9. The molecule has 0 spiro atoms. The Morgan fingerprint density at radius 3 is 2.65 bits per heavy atom. The molecule has 128 valence electrons. The van der Waals surface area contributed by atoms with E-state index in [4.69, 9.17) is 0 Å². The first kappa shape index (κ1) is 17.6. The molecule has 0 heterocycles. The standard InChI is InChI=1S/C18H28FN3O/c1-22(2)17-10-9-15(12-16(17)19)13-21-18(23)20-11-5-8-14-6-3-4-7-14/h9-10,12,14H,3-8,11,13H2,1-2H3,(H2,20,21,23). The molecule has 1 aromatic carbocycles. The predicted molar refractivity (Wildman–Crippen MR) is 92.2 cm³/mol. The molecule has 0 aliphatic heterocycles. The maximum absolute atomic E-state index is 13.9. The van der Waals surface area contributed by atoms with Crippen molar-refractivity contribution in [2.75, 3.05) is 25.5 Å². The zero-order valence-electron chi connectivity index (χ0n) is 14.2. The Labute approximate surface area is 138 Å². The minimum absolute atomic E-state index is 0.187. The smallest absolute Gasteiger partial charge is 0.315 e. The van der Waals surface area contributed by atoms with Gasteiger partial charge in [0.25, 0.3) is 0 Å². The van der Waals surface area contributed by atoms with Gasteiger partial charge in [-0.05, 0) is 36.5 Å². The molecule has 0 aromatic heterocycles. The van der Waals surface area contributed by atoms with Crippen molar-refractivity contribution in [3.05, 3.63) is 29.6 Å². The lowest BCUT2D eigenvalue weighted by Gasteiger charge is -2.14. The highest BCUT2D eigenvalue weighted by atomic mass is 19.1. The largest absolute Gasteiger partial charge is 0.375 e. The van der Waals surface area contributed by atoms with Crippen LogP contribution in [0.2, 0.25) is 0 Å². The normalized spacial score (nSPS) is 14.7. The van der Waals surface area contributed by atoms with Gasteiger partial charge in [0, 0.05) is 27.2 Å². The van der Waals surface area contributed by atoms with E-state index >= 15 is 0 Å². The van der Waals surface area contributed by atoms with Crippen molar-refractivity contribution in [1.29, 1.82) is 0 Å². The van der Waals surface area contributed by atoms with Crippen LogP contribution in [-0.4, -0.2) is 26.7 Å². The van der Waals surface area contributed by atoms with Gasteiger partial charge < -0.3 is 15.5 Å². The fraction of sp³-hybridized carbons (Fsp3) is 0.611. The number of hydrogen-bond acceptors (Lipinski definition) is 2. The number of amides is 2. The highest BCUT2D eigenvalue weighted by Crippen LogP contribution is 2.28. The average Bonchev–Trinajstić information content (AvgIpc) is 3.02. The number of halogens is 1. The van der Waals surface area contributed by atoms with E-state index in [9.17, 15) is 9.18 Å². The van der Waals surface area contributed by atoms with Crippen LogP contribution in [0.25, 0.3) is 0 Å². The van der Waals surface area contributed by atoms with Gasteiger partial charge in [-0.2, -0.15) is 0 Å². The van der Waals surface area contributed by atoms with E-state index < -0.39 is 0 Å². The van der Waals surface area contributed by atoms with Gasteiger partial charge in [0.1, 0.15) is 5.82 Å². The number of carbonyl (C=O) groups excluding carboxylic acids is 1. The Bertz CT molecular complexity index is 513. The van der Waals surface area contributed by atoms with Crippen molar-refractivity contribution in [2.24, 2.45) is 5.92 Å². The topological polar surface area (TPSA) is 44.4 Å². The van der Waals surface area contributed by atoms with Gasteiger partial charge in [0.2, 0.25) is 0 Å². The third-order valence-corrected chi connectivity index (χ3v) is 4.50. The summed E-state index contributed by atoms with van der Waals surface area (Å²) in [6, 6.07) is 4.84. The second-order valence-corrected chi connectivity index (χ2v) is 6.58. The van der Waals surface area contributed by atoms with E-state index in [-0.39, 0.29) is 11.8 Å². The van der Waals surface area contributed by atoms with Crippen LogP contribution in [0.15, 0.2) is 18.2 Å². The Morgan fingerprint density at radius 1 is 1.26 bits per heavy atom. The second kappa shape index (κ2) is 8.75. The molecule has 1 saturated carbocycles. The van der Waals surface area contributed by atoms with Gasteiger partial charge in [-0.3, -0.25) is 0 Å². The summed E-state index contributed by atoms with van der Waals surface area (Å²) in [6.07, 6.45) is 7.66. The molecule has 2 rings (SSSR count). The summed E-state index contributed by atoms with van der Waals surface area (Å²) < 4.78 is 13.9. The van der Waals surface area contributed by atoms with E-state index in [0.29, 0.717) is 18.8 Å². The Morgan fingerprint density at radius 2 is 2.00 bits per heavy atom. The van der Waals surface area contributed by atoms with E-state index in [0.717, 1.165) is 17.9 Å². The van der Waals surface area contributed by atoms with Crippen LogP contribution in [0.4, 0.5) is 14.9 Å². The van der Waals surface area contributed by atoms with Crippen molar-refractivity contribution in [2.45, 2.75) is 45.1 Å². The second-order valence-electron chi connectivity index (χ2n) is 6.58. The zero-order valence-corrected chi connectivity index (χ0v) is 14.2. The molecular formula is C18H28FN3O. The lowest BCUT2D eigenvalue weighted by molar-refractivity contribution is 0.240. The SMILES string of the molecule is CN(C)c1ccc(CNC(=O)NCCCC2CCCC2)cc1F. The Kier molecular flexibility index (Phi) is 6.68. The van der Waals surface area contributed by atoms with Crippen LogP contribution in [0.1, 0.15) is 44.1 Å². The zero-order chi connectivity index (χ0) is 16.7. The highest BCUT2D eigenvalue weighted by molar-refractivity contribution is 5.73. The van der Waals surface area contributed by atoms with E-state index in [1.54, 1.807) is 25.1 Å². The van der Waals surface area contributed by atoms with Crippen LogP contribution in [0.5, 0.6) is 0 Å². The summed E-state index contributed by atoms with van der Waals surface area (Å²) in [5.41, 5.74) is 1.30. The van der Waals surface area contributed by atoms with Gasteiger partial charge in [-0.1, -0.05) is 31.7 Å². The lowest BCUT2D eigenvalue weighted by atomic mass is 10.0. The number of anilines is 1. The molecule has 2 N–H and O–H groups in total. The summed E-state index contributed by atoms with van der Waals surface area (Å²) in [7, 11) is 3.60. The van der Waals surface area contributed by atoms with Gasteiger partial charge in [0.05, 0.1) is 5.69 Å². The molecule has 1 aliphatic rings. The summed E-state index contributed by atoms with van der Waals surface area (Å²) in [4.78, 5) is 13.5. The molecule has 1 aromatic rings. The predicted octanol–water partition coefficient (Wildman–Crippen LogP) is 3.66. The van der Waals surface area contributed by atoms with Crippen molar-refractivity contribution in [3.8, 4) is 0 Å². The molecule has 0 unspecified atom stereocenters. The lowest BCUT2D eigenvalue weighted by Crippen LogP contribution is -2.35. The van der Waals surface area contributed by atoms with Crippen LogP contribution >= 0.6 is 0 Å². The molecule has 23 heavy (non-hydrogen) atoms. The summed E-state index contributed by atoms with van der Waals surface area (Å²) in [5, 5.41) is 5.64. The summed E-state index contributed by atoms with van der Waals surface area (Å²) >= 11 is 0. The monoisotopic (exact) mass is 321 g/mol. The Balaban J connectivity index is 1.64. The van der Waals surface area contributed by atoms with Crippen LogP contribution < -0.4 is 15.5 Å². The minimum Gasteiger partial charge on any atom is -0.375 e. The number of urea groups is 1. The summed E-state index contributed by atoms with van der Waals surface area (Å²) in [6.45, 7) is 1.04. The van der Waals surface area contributed by atoms with Crippen LogP contribution in [-0.2, 0) is 6.54 Å².